The number of Topliss-reactive ketones (excluding diaryl/α,β-unsaturated/α-hetero) is 1. The van der Waals surface area contributed by atoms with E-state index in [9.17, 15) is 4.79 Å². The van der Waals surface area contributed by atoms with Crippen LogP contribution < -0.4 is 0 Å². The zero-order valence-corrected chi connectivity index (χ0v) is 12.6. The number of ether oxygens (including phenoxy) is 1. The highest BCUT2D eigenvalue weighted by molar-refractivity contribution is 5.96. The summed E-state index contributed by atoms with van der Waals surface area (Å²) in [6.45, 7) is 4.65. The number of hydrogen-bond donors (Lipinski definition) is 0. The summed E-state index contributed by atoms with van der Waals surface area (Å²) >= 11 is 0. The van der Waals surface area contributed by atoms with Crippen molar-refractivity contribution in [3.8, 4) is 0 Å². The average Bonchev–Trinajstić information content (AvgIpc) is 2.46. The number of hydrogen-bond acceptors (Lipinski definition) is 3. The van der Waals surface area contributed by atoms with Gasteiger partial charge in [-0.15, -0.1) is 0 Å². The molecule has 0 amide bonds. The number of likely N-dealkylation sites (N-methyl/N-ethyl adjacent to an activating group) is 1. The number of nitrogens with zero attached hydrogens (tertiary/aromatic N) is 1. The molecule has 1 fully saturated rings. The molecule has 1 unspecified atom stereocenters. The van der Waals surface area contributed by atoms with Gasteiger partial charge in [0.2, 0.25) is 0 Å². The van der Waals surface area contributed by atoms with Crippen molar-refractivity contribution in [2.75, 3.05) is 26.7 Å². The molecule has 3 nitrogen and oxygen atoms in total. The predicted molar refractivity (Wildman–Crippen MR) is 81.2 cm³/mol. The smallest absolute Gasteiger partial charge is 0.164 e. The van der Waals surface area contributed by atoms with Crippen molar-refractivity contribution in [1.82, 2.24) is 4.90 Å². The van der Waals surface area contributed by atoms with Gasteiger partial charge in [-0.05, 0) is 33.2 Å². The van der Waals surface area contributed by atoms with Crippen molar-refractivity contribution in [3.05, 3.63) is 35.4 Å². The molecule has 1 atom stereocenters. The van der Waals surface area contributed by atoms with Crippen LogP contribution in [-0.2, 0) is 4.74 Å². The van der Waals surface area contributed by atoms with E-state index in [0.717, 1.165) is 31.7 Å². The van der Waals surface area contributed by atoms with E-state index < -0.39 is 0 Å². The van der Waals surface area contributed by atoms with Crippen molar-refractivity contribution >= 4 is 5.78 Å². The van der Waals surface area contributed by atoms with Crippen LogP contribution in [0.25, 0.3) is 0 Å². The molecule has 110 valence electrons. The fraction of sp³-hybridized carbons (Fsp3) is 0.588. The highest BCUT2D eigenvalue weighted by atomic mass is 16.5. The molecule has 1 aromatic rings. The van der Waals surface area contributed by atoms with Crippen molar-refractivity contribution in [2.45, 2.75) is 38.7 Å². The molecule has 1 aromatic carbocycles. The third-order valence-corrected chi connectivity index (χ3v) is 3.88. The van der Waals surface area contributed by atoms with Crippen LogP contribution in [0.4, 0.5) is 0 Å². The first-order chi connectivity index (χ1) is 9.65. The van der Waals surface area contributed by atoms with E-state index in [2.05, 4.69) is 11.9 Å². The van der Waals surface area contributed by atoms with Crippen LogP contribution in [0.5, 0.6) is 0 Å². The van der Waals surface area contributed by atoms with E-state index in [1.54, 1.807) is 0 Å². The first-order valence-electron chi connectivity index (χ1n) is 7.55. The number of aryl methyl sites for hydroxylation is 1. The first-order valence-corrected chi connectivity index (χ1v) is 7.55. The van der Waals surface area contributed by atoms with Crippen LogP contribution in [0.3, 0.4) is 0 Å². The van der Waals surface area contributed by atoms with Gasteiger partial charge in [-0.1, -0.05) is 29.8 Å². The van der Waals surface area contributed by atoms with Crippen molar-refractivity contribution < 1.29 is 9.53 Å². The van der Waals surface area contributed by atoms with Crippen molar-refractivity contribution in [1.29, 1.82) is 0 Å². The Morgan fingerprint density at radius 3 is 2.70 bits per heavy atom. The molecule has 0 saturated carbocycles. The number of ketones is 1. The molecular formula is C17H25NO2. The number of benzene rings is 1. The number of rotatable bonds is 6. The summed E-state index contributed by atoms with van der Waals surface area (Å²) in [5.74, 6) is 0.224. The predicted octanol–water partition coefficient (Wildman–Crippen LogP) is 3.07. The van der Waals surface area contributed by atoms with Crippen LogP contribution in [-0.4, -0.2) is 43.5 Å². The summed E-state index contributed by atoms with van der Waals surface area (Å²) in [7, 11) is 2.07. The summed E-state index contributed by atoms with van der Waals surface area (Å²) < 4.78 is 5.73. The third-order valence-electron chi connectivity index (χ3n) is 3.88. The molecule has 3 heteroatoms. The molecular weight excluding hydrogens is 250 g/mol. The van der Waals surface area contributed by atoms with Gasteiger partial charge in [0.15, 0.2) is 5.78 Å². The van der Waals surface area contributed by atoms with E-state index >= 15 is 0 Å². The fourth-order valence-corrected chi connectivity index (χ4v) is 2.57. The molecule has 1 aliphatic rings. The minimum Gasteiger partial charge on any atom is -0.377 e. The zero-order valence-electron chi connectivity index (χ0n) is 12.6. The zero-order chi connectivity index (χ0) is 14.4. The Balaban J connectivity index is 1.73. The molecule has 1 aliphatic heterocycles. The van der Waals surface area contributed by atoms with Gasteiger partial charge in [0.1, 0.15) is 0 Å². The summed E-state index contributed by atoms with van der Waals surface area (Å²) in [4.78, 5) is 14.3. The fourth-order valence-electron chi connectivity index (χ4n) is 2.57. The molecule has 20 heavy (non-hydrogen) atoms. The quantitative estimate of drug-likeness (QED) is 0.747. The molecule has 0 aliphatic carbocycles. The lowest BCUT2D eigenvalue weighted by Crippen LogP contribution is -2.34. The van der Waals surface area contributed by atoms with E-state index in [4.69, 9.17) is 4.74 Å². The molecule has 1 heterocycles. The minimum absolute atomic E-state index is 0.224. The Labute approximate surface area is 121 Å². The molecule has 2 rings (SSSR count). The summed E-state index contributed by atoms with van der Waals surface area (Å²) in [6.07, 6.45) is 4.53. The van der Waals surface area contributed by atoms with E-state index in [0.29, 0.717) is 12.5 Å². The monoisotopic (exact) mass is 275 g/mol. The third kappa shape index (κ3) is 4.73. The van der Waals surface area contributed by atoms with E-state index in [1.165, 1.54) is 18.4 Å². The van der Waals surface area contributed by atoms with Gasteiger partial charge in [0.25, 0.3) is 0 Å². The van der Waals surface area contributed by atoms with Gasteiger partial charge in [-0.3, -0.25) is 4.79 Å². The summed E-state index contributed by atoms with van der Waals surface area (Å²) in [5.41, 5.74) is 2.01. The van der Waals surface area contributed by atoms with E-state index in [-0.39, 0.29) is 5.78 Å². The number of carbonyl (C=O) groups excluding carboxylic acids is 1. The second-order valence-corrected chi connectivity index (χ2v) is 5.79. The second kappa shape index (κ2) is 7.55. The van der Waals surface area contributed by atoms with E-state index in [1.807, 2.05) is 31.2 Å². The summed E-state index contributed by atoms with van der Waals surface area (Å²) in [5, 5.41) is 0. The van der Waals surface area contributed by atoms with Gasteiger partial charge in [-0.25, -0.2) is 0 Å². The molecule has 0 aromatic heterocycles. The lowest BCUT2D eigenvalue weighted by molar-refractivity contribution is -0.00144. The van der Waals surface area contributed by atoms with Crippen LogP contribution >= 0.6 is 0 Å². The maximum Gasteiger partial charge on any atom is 0.164 e. The topological polar surface area (TPSA) is 29.5 Å². The van der Waals surface area contributed by atoms with Crippen molar-refractivity contribution in [3.63, 3.8) is 0 Å². The van der Waals surface area contributed by atoms with Crippen LogP contribution in [0.2, 0.25) is 0 Å². The first kappa shape index (κ1) is 15.2. The molecule has 0 N–H and O–H groups in total. The maximum absolute atomic E-state index is 12.1. The Bertz CT molecular complexity index is 421. The lowest BCUT2D eigenvalue weighted by atomic mass is 10.1. The molecule has 0 spiro atoms. The molecule has 0 radical (unpaired) electrons. The highest BCUT2D eigenvalue weighted by Crippen LogP contribution is 2.14. The highest BCUT2D eigenvalue weighted by Gasteiger charge is 2.16. The van der Waals surface area contributed by atoms with Gasteiger partial charge >= 0.3 is 0 Å². The second-order valence-electron chi connectivity index (χ2n) is 5.79. The maximum atomic E-state index is 12.1. The normalized spacial score (nSPS) is 19.2. The molecule has 0 bridgehead atoms. The van der Waals surface area contributed by atoms with Gasteiger partial charge in [0.05, 0.1) is 6.10 Å². The number of carbonyl (C=O) groups is 1. The Morgan fingerprint density at radius 1 is 1.30 bits per heavy atom. The Kier molecular flexibility index (Phi) is 5.74. The largest absolute Gasteiger partial charge is 0.377 e. The van der Waals surface area contributed by atoms with Gasteiger partial charge in [0, 0.05) is 31.7 Å². The van der Waals surface area contributed by atoms with Gasteiger partial charge in [-0.2, -0.15) is 0 Å². The Morgan fingerprint density at radius 2 is 2.05 bits per heavy atom. The molecule has 1 saturated heterocycles. The Hall–Kier alpha value is -1.19. The van der Waals surface area contributed by atoms with Crippen molar-refractivity contribution in [2.24, 2.45) is 0 Å². The van der Waals surface area contributed by atoms with Crippen LogP contribution in [0.1, 0.15) is 41.6 Å². The van der Waals surface area contributed by atoms with Gasteiger partial charge < -0.3 is 9.64 Å². The van der Waals surface area contributed by atoms with Crippen LogP contribution in [0.15, 0.2) is 24.3 Å². The summed E-state index contributed by atoms with van der Waals surface area (Å²) in [6, 6.07) is 7.82. The standard InChI is InChI=1S/C17H25NO2/c1-14-6-8-15(9-7-14)17(19)10-11-18(2)13-16-5-3-4-12-20-16/h6-9,16H,3-5,10-13H2,1-2H3. The van der Waals surface area contributed by atoms with Crippen LogP contribution in [0, 0.1) is 6.92 Å². The minimum atomic E-state index is 0.224. The average molecular weight is 275 g/mol. The lowest BCUT2D eigenvalue weighted by Gasteiger charge is -2.27. The SMILES string of the molecule is Cc1ccc(C(=O)CCN(C)CC2CCCCO2)cc1.